The molecule has 126 valence electrons. The first kappa shape index (κ1) is 17.2. The number of hydrogen-bond donors (Lipinski definition) is 1. The van der Waals surface area contributed by atoms with Crippen molar-refractivity contribution >= 4 is 12.0 Å². The normalized spacial score (nSPS) is 16.7. The van der Waals surface area contributed by atoms with Crippen molar-refractivity contribution in [3.63, 3.8) is 0 Å². The number of likely N-dealkylation sites (tertiary alicyclic amines) is 1. The van der Waals surface area contributed by atoms with Crippen molar-refractivity contribution in [1.82, 2.24) is 9.96 Å². The molecule has 1 heterocycles. The first-order valence-electron chi connectivity index (χ1n) is 7.53. The predicted octanol–water partition coefficient (Wildman–Crippen LogP) is 1.14. The number of piperidine rings is 1. The van der Waals surface area contributed by atoms with Crippen LogP contribution in [0.1, 0.15) is 18.4 Å². The summed E-state index contributed by atoms with van der Waals surface area (Å²) in [4.78, 5) is 30.7. The van der Waals surface area contributed by atoms with Gasteiger partial charge in [0.15, 0.2) is 0 Å². The average Bonchev–Trinajstić information content (AvgIpc) is 2.59. The number of hydrogen-bond acceptors (Lipinski definition) is 5. The van der Waals surface area contributed by atoms with Crippen molar-refractivity contribution in [3.05, 3.63) is 35.9 Å². The van der Waals surface area contributed by atoms with Crippen molar-refractivity contribution in [1.29, 1.82) is 0 Å². The molecule has 1 aromatic carbocycles. The van der Waals surface area contributed by atoms with E-state index in [1.807, 2.05) is 30.3 Å². The predicted molar refractivity (Wildman–Crippen MR) is 84.1 cm³/mol. The summed E-state index contributed by atoms with van der Waals surface area (Å²) in [5.41, 5.74) is 6.09. The molecule has 0 atom stereocenters. The molecule has 0 bridgehead atoms. The Kier molecular flexibility index (Phi) is 5.57. The fraction of sp³-hybridized carbons (Fsp3) is 0.500. The van der Waals surface area contributed by atoms with Gasteiger partial charge in [-0.2, -0.15) is 0 Å². The first-order chi connectivity index (χ1) is 11.0. The number of hydroxylamine groups is 2. The maximum Gasteiger partial charge on any atom is 0.410 e. The fourth-order valence-electron chi connectivity index (χ4n) is 2.51. The molecule has 7 nitrogen and oxygen atoms in total. The summed E-state index contributed by atoms with van der Waals surface area (Å²) in [6.07, 6.45) is 0.364. The Labute approximate surface area is 135 Å². The second kappa shape index (κ2) is 7.43. The highest BCUT2D eigenvalue weighted by Crippen LogP contribution is 2.22. The molecule has 1 aliphatic heterocycles. The highest BCUT2D eigenvalue weighted by Gasteiger charge is 2.41. The van der Waals surface area contributed by atoms with Gasteiger partial charge in [-0.15, -0.1) is 0 Å². The molecule has 0 saturated carbocycles. The zero-order chi connectivity index (χ0) is 16.9. The number of rotatable bonds is 4. The quantitative estimate of drug-likeness (QED) is 0.841. The highest BCUT2D eigenvalue weighted by molar-refractivity contribution is 5.85. The van der Waals surface area contributed by atoms with Gasteiger partial charge in [-0.1, -0.05) is 30.3 Å². The maximum absolute atomic E-state index is 12.2. The molecule has 0 radical (unpaired) electrons. The average molecular weight is 321 g/mol. The molecule has 0 unspecified atom stereocenters. The van der Waals surface area contributed by atoms with E-state index in [0.717, 1.165) is 10.6 Å². The van der Waals surface area contributed by atoms with Crippen LogP contribution in [-0.4, -0.2) is 54.7 Å². The lowest BCUT2D eigenvalue weighted by Gasteiger charge is -2.38. The summed E-state index contributed by atoms with van der Waals surface area (Å²) in [6, 6.07) is 9.49. The largest absolute Gasteiger partial charge is 0.445 e. The first-order valence-corrected chi connectivity index (χ1v) is 7.53. The lowest BCUT2D eigenvalue weighted by molar-refractivity contribution is -0.176. The molecular formula is C16H23N3O4. The van der Waals surface area contributed by atoms with E-state index in [-0.39, 0.29) is 18.6 Å². The lowest BCUT2D eigenvalue weighted by Crippen LogP contribution is -2.60. The van der Waals surface area contributed by atoms with Gasteiger partial charge >= 0.3 is 6.09 Å². The van der Waals surface area contributed by atoms with Gasteiger partial charge in [0, 0.05) is 20.1 Å². The Balaban J connectivity index is 1.84. The van der Waals surface area contributed by atoms with E-state index in [0.29, 0.717) is 25.9 Å². The molecule has 2 N–H and O–H groups in total. The van der Waals surface area contributed by atoms with Gasteiger partial charge < -0.3 is 15.4 Å². The standard InChI is InChI=1S/C16H23N3O4/c1-18(22-2)14(20)16(17)8-10-19(11-9-16)15(21)23-12-13-6-4-3-5-7-13/h3-7H,8-12,17H2,1-2H3. The Morgan fingerprint density at radius 2 is 1.87 bits per heavy atom. The van der Waals surface area contributed by atoms with Crippen molar-refractivity contribution < 1.29 is 19.2 Å². The number of nitrogens with two attached hydrogens (primary N) is 1. The summed E-state index contributed by atoms with van der Waals surface area (Å²) in [5, 5.41) is 1.13. The maximum atomic E-state index is 12.2. The molecule has 0 aromatic heterocycles. The number of likely N-dealkylation sites (N-methyl/N-ethyl adjacent to an activating group) is 1. The summed E-state index contributed by atoms with van der Waals surface area (Å²) < 4.78 is 5.29. The van der Waals surface area contributed by atoms with E-state index in [2.05, 4.69) is 0 Å². The van der Waals surface area contributed by atoms with E-state index in [4.69, 9.17) is 15.3 Å². The molecule has 23 heavy (non-hydrogen) atoms. The minimum Gasteiger partial charge on any atom is -0.445 e. The van der Waals surface area contributed by atoms with E-state index < -0.39 is 5.54 Å². The van der Waals surface area contributed by atoms with E-state index in [9.17, 15) is 9.59 Å². The topological polar surface area (TPSA) is 85.1 Å². The smallest absolute Gasteiger partial charge is 0.410 e. The van der Waals surface area contributed by atoms with Crippen LogP contribution in [0.2, 0.25) is 0 Å². The monoisotopic (exact) mass is 321 g/mol. The van der Waals surface area contributed by atoms with Gasteiger partial charge in [-0.25, -0.2) is 9.86 Å². The van der Waals surface area contributed by atoms with Gasteiger partial charge in [0.25, 0.3) is 5.91 Å². The van der Waals surface area contributed by atoms with Crippen molar-refractivity contribution in [3.8, 4) is 0 Å². The van der Waals surface area contributed by atoms with E-state index in [1.54, 1.807) is 4.90 Å². The summed E-state index contributed by atoms with van der Waals surface area (Å²) in [5.74, 6) is -0.280. The molecule has 0 spiro atoms. The van der Waals surface area contributed by atoms with Gasteiger partial charge in [0.1, 0.15) is 12.1 Å². The summed E-state index contributed by atoms with van der Waals surface area (Å²) >= 11 is 0. The number of ether oxygens (including phenoxy) is 1. The molecular weight excluding hydrogens is 298 g/mol. The zero-order valence-corrected chi connectivity index (χ0v) is 13.5. The fourth-order valence-corrected chi connectivity index (χ4v) is 2.51. The minimum absolute atomic E-state index is 0.231. The van der Waals surface area contributed by atoms with Crippen LogP contribution in [0.4, 0.5) is 4.79 Å². The second-order valence-electron chi connectivity index (χ2n) is 5.67. The van der Waals surface area contributed by atoms with Crippen LogP contribution >= 0.6 is 0 Å². The highest BCUT2D eigenvalue weighted by atomic mass is 16.7. The molecule has 2 rings (SSSR count). The van der Waals surface area contributed by atoms with Gasteiger partial charge in [0.2, 0.25) is 0 Å². The van der Waals surface area contributed by atoms with Crippen LogP contribution in [-0.2, 0) is 21.0 Å². The molecule has 1 aromatic rings. The van der Waals surface area contributed by atoms with Crippen molar-refractivity contribution in [2.45, 2.75) is 25.0 Å². The van der Waals surface area contributed by atoms with Crippen LogP contribution in [0.5, 0.6) is 0 Å². The SMILES string of the molecule is CON(C)C(=O)C1(N)CCN(C(=O)OCc2ccccc2)CC1. The number of carbonyl (C=O) groups is 2. The molecule has 0 aliphatic carbocycles. The van der Waals surface area contributed by atoms with Crippen LogP contribution in [0.15, 0.2) is 30.3 Å². The van der Waals surface area contributed by atoms with Crippen LogP contribution in [0, 0.1) is 0 Å². The number of carbonyl (C=O) groups excluding carboxylic acids is 2. The Morgan fingerprint density at radius 3 is 2.43 bits per heavy atom. The number of nitrogens with zero attached hydrogens (tertiary/aromatic N) is 2. The third-order valence-corrected chi connectivity index (χ3v) is 4.10. The number of benzene rings is 1. The third kappa shape index (κ3) is 4.20. The minimum atomic E-state index is -0.999. The second-order valence-corrected chi connectivity index (χ2v) is 5.67. The molecule has 7 heteroatoms. The van der Waals surface area contributed by atoms with E-state index >= 15 is 0 Å². The van der Waals surface area contributed by atoms with Crippen LogP contribution < -0.4 is 5.73 Å². The van der Waals surface area contributed by atoms with Crippen LogP contribution in [0.3, 0.4) is 0 Å². The van der Waals surface area contributed by atoms with Crippen LogP contribution in [0.25, 0.3) is 0 Å². The third-order valence-electron chi connectivity index (χ3n) is 4.10. The Bertz CT molecular complexity index is 542. The molecule has 1 aliphatic rings. The van der Waals surface area contributed by atoms with Gasteiger partial charge in [-0.3, -0.25) is 9.63 Å². The Hall–Kier alpha value is -2.12. The van der Waals surface area contributed by atoms with Gasteiger partial charge in [0.05, 0.1) is 7.11 Å². The van der Waals surface area contributed by atoms with Crippen molar-refractivity contribution in [2.75, 3.05) is 27.2 Å². The number of amides is 2. The van der Waals surface area contributed by atoms with E-state index in [1.165, 1.54) is 14.2 Å². The molecule has 1 saturated heterocycles. The molecule has 1 fully saturated rings. The zero-order valence-electron chi connectivity index (χ0n) is 13.5. The lowest BCUT2D eigenvalue weighted by atomic mass is 9.88. The van der Waals surface area contributed by atoms with Crippen molar-refractivity contribution in [2.24, 2.45) is 5.73 Å². The summed E-state index contributed by atoms with van der Waals surface area (Å²) in [6.45, 7) is 0.996. The van der Waals surface area contributed by atoms with Gasteiger partial charge in [-0.05, 0) is 18.4 Å². The Morgan fingerprint density at radius 1 is 1.26 bits per heavy atom. The molecule has 2 amide bonds. The summed E-state index contributed by atoms with van der Waals surface area (Å²) in [7, 11) is 2.94.